The summed E-state index contributed by atoms with van der Waals surface area (Å²) < 4.78 is 10.2. The number of ether oxygens (including phenoxy) is 2. The van der Waals surface area contributed by atoms with Gasteiger partial charge in [-0.3, -0.25) is 10.1 Å². The van der Waals surface area contributed by atoms with Crippen molar-refractivity contribution in [2.75, 3.05) is 13.2 Å². The van der Waals surface area contributed by atoms with Crippen LogP contribution in [0, 0.1) is 10.1 Å². The molecule has 1 heterocycles. The topological polar surface area (TPSA) is 64.9 Å². The molecule has 1 unspecified atom stereocenters. The van der Waals surface area contributed by atoms with Gasteiger partial charge in [-0.1, -0.05) is 6.07 Å². The summed E-state index contributed by atoms with van der Waals surface area (Å²) >= 11 is 0. The number of nitro benzene ring substituents is 1. The monoisotopic (exact) mass is 195 g/mol. The van der Waals surface area contributed by atoms with Crippen molar-refractivity contribution in [1.82, 2.24) is 0 Å². The predicted molar refractivity (Wildman–Crippen MR) is 48.3 cm³/mol. The molecule has 5 nitrogen and oxygen atoms in total. The van der Waals surface area contributed by atoms with Crippen molar-refractivity contribution in [2.24, 2.45) is 0 Å². The van der Waals surface area contributed by atoms with E-state index >= 15 is 0 Å². The van der Waals surface area contributed by atoms with Crippen LogP contribution in [-0.4, -0.2) is 24.2 Å². The standard InChI is InChI=1S/C9H9NO4/c11-10(12)7-2-1-3-8(4-7)13-5-9-6-14-9/h1-4,9H,5-6H2. The van der Waals surface area contributed by atoms with E-state index in [-0.39, 0.29) is 11.8 Å². The Morgan fingerprint density at radius 1 is 1.64 bits per heavy atom. The van der Waals surface area contributed by atoms with E-state index in [4.69, 9.17) is 9.47 Å². The number of nitro groups is 1. The van der Waals surface area contributed by atoms with E-state index in [2.05, 4.69) is 0 Å². The van der Waals surface area contributed by atoms with Gasteiger partial charge in [0.1, 0.15) is 18.5 Å². The van der Waals surface area contributed by atoms with Crippen LogP contribution in [0.15, 0.2) is 24.3 Å². The molecule has 0 radical (unpaired) electrons. The molecule has 1 aromatic rings. The van der Waals surface area contributed by atoms with E-state index in [1.165, 1.54) is 12.1 Å². The molecule has 0 N–H and O–H groups in total. The highest BCUT2D eigenvalue weighted by molar-refractivity contribution is 5.37. The average molecular weight is 195 g/mol. The number of non-ortho nitro benzene ring substituents is 1. The third-order valence-corrected chi connectivity index (χ3v) is 1.87. The Balaban J connectivity index is 2.01. The summed E-state index contributed by atoms with van der Waals surface area (Å²) in [6, 6.07) is 6.12. The minimum absolute atomic E-state index is 0.0409. The normalized spacial score (nSPS) is 19.0. The molecule has 0 amide bonds. The van der Waals surface area contributed by atoms with Crippen LogP contribution in [0.4, 0.5) is 5.69 Å². The third kappa shape index (κ3) is 2.20. The molecule has 0 bridgehead atoms. The minimum Gasteiger partial charge on any atom is -0.491 e. The van der Waals surface area contributed by atoms with E-state index < -0.39 is 4.92 Å². The van der Waals surface area contributed by atoms with Gasteiger partial charge in [-0.25, -0.2) is 0 Å². The number of rotatable bonds is 4. The molecule has 1 atom stereocenters. The highest BCUT2D eigenvalue weighted by Crippen LogP contribution is 2.20. The van der Waals surface area contributed by atoms with Crippen LogP contribution >= 0.6 is 0 Å². The third-order valence-electron chi connectivity index (χ3n) is 1.87. The lowest BCUT2D eigenvalue weighted by molar-refractivity contribution is -0.384. The lowest BCUT2D eigenvalue weighted by Gasteiger charge is -2.02. The first-order valence-electron chi connectivity index (χ1n) is 4.24. The molecule has 74 valence electrons. The Morgan fingerprint density at radius 2 is 2.43 bits per heavy atom. The van der Waals surface area contributed by atoms with E-state index in [9.17, 15) is 10.1 Å². The van der Waals surface area contributed by atoms with Crippen LogP contribution in [0.25, 0.3) is 0 Å². The van der Waals surface area contributed by atoms with Crippen molar-refractivity contribution in [3.8, 4) is 5.75 Å². The van der Waals surface area contributed by atoms with Gasteiger partial charge in [-0.2, -0.15) is 0 Å². The van der Waals surface area contributed by atoms with Crippen LogP contribution in [0.3, 0.4) is 0 Å². The van der Waals surface area contributed by atoms with Gasteiger partial charge in [0, 0.05) is 6.07 Å². The summed E-state index contributed by atoms with van der Waals surface area (Å²) in [6.45, 7) is 1.18. The van der Waals surface area contributed by atoms with Gasteiger partial charge < -0.3 is 9.47 Å². The smallest absolute Gasteiger partial charge is 0.273 e. The predicted octanol–water partition coefficient (Wildman–Crippen LogP) is 1.37. The summed E-state index contributed by atoms with van der Waals surface area (Å²) in [5, 5.41) is 10.4. The maximum atomic E-state index is 10.4. The van der Waals surface area contributed by atoms with Crippen molar-refractivity contribution >= 4 is 5.69 Å². The Hall–Kier alpha value is -1.62. The molecule has 2 rings (SSSR count). The first-order valence-corrected chi connectivity index (χ1v) is 4.24. The molecule has 1 aromatic carbocycles. The fraction of sp³-hybridized carbons (Fsp3) is 0.333. The molecule has 0 saturated carbocycles. The van der Waals surface area contributed by atoms with Crippen LogP contribution in [0.1, 0.15) is 0 Å². The second-order valence-electron chi connectivity index (χ2n) is 3.02. The fourth-order valence-electron chi connectivity index (χ4n) is 1.04. The first kappa shape index (κ1) is 8.96. The molecule has 0 spiro atoms. The average Bonchev–Trinajstić information content (AvgIpc) is 2.99. The van der Waals surface area contributed by atoms with Gasteiger partial charge in [-0.15, -0.1) is 0 Å². The Labute approximate surface area is 80.4 Å². The van der Waals surface area contributed by atoms with Crippen molar-refractivity contribution in [3.63, 3.8) is 0 Å². The molecule has 1 saturated heterocycles. The summed E-state index contributed by atoms with van der Waals surface area (Å²) in [5.74, 6) is 0.509. The summed E-state index contributed by atoms with van der Waals surface area (Å²) in [6.07, 6.45) is 0.161. The van der Waals surface area contributed by atoms with Gasteiger partial charge in [0.25, 0.3) is 5.69 Å². The second-order valence-corrected chi connectivity index (χ2v) is 3.02. The van der Waals surface area contributed by atoms with Gasteiger partial charge in [0.2, 0.25) is 0 Å². The number of nitrogens with zero attached hydrogens (tertiary/aromatic N) is 1. The molecule has 5 heteroatoms. The van der Waals surface area contributed by atoms with Gasteiger partial charge >= 0.3 is 0 Å². The maximum Gasteiger partial charge on any atom is 0.273 e. The van der Waals surface area contributed by atoms with Crippen molar-refractivity contribution in [3.05, 3.63) is 34.4 Å². The molecule has 1 aliphatic rings. The molecule has 1 fully saturated rings. The van der Waals surface area contributed by atoms with Crippen molar-refractivity contribution in [2.45, 2.75) is 6.10 Å². The number of hydrogen-bond donors (Lipinski definition) is 0. The number of epoxide rings is 1. The van der Waals surface area contributed by atoms with E-state index in [0.717, 1.165) is 6.61 Å². The first-order chi connectivity index (χ1) is 6.75. The highest BCUT2D eigenvalue weighted by Gasteiger charge is 2.23. The molecule has 0 aromatic heterocycles. The lowest BCUT2D eigenvalue weighted by atomic mass is 10.3. The van der Waals surface area contributed by atoms with Crippen LogP contribution in [-0.2, 0) is 4.74 Å². The molecular formula is C9H9NO4. The van der Waals surface area contributed by atoms with E-state index in [1.807, 2.05) is 0 Å². The zero-order valence-electron chi connectivity index (χ0n) is 7.38. The molecule has 14 heavy (non-hydrogen) atoms. The van der Waals surface area contributed by atoms with Gasteiger partial charge in [0.15, 0.2) is 0 Å². The summed E-state index contributed by atoms with van der Waals surface area (Å²) in [7, 11) is 0. The minimum atomic E-state index is -0.444. The maximum absolute atomic E-state index is 10.4. The summed E-state index contributed by atoms with van der Waals surface area (Å²) in [5.41, 5.74) is 0.0409. The Morgan fingerprint density at radius 3 is 3.07 bits per heavy atom. The quantitative estimate of drug-likeness (QED) is 0.413. The largest absolute Gasteiger partial charge is 0.491 e. The molecule has 0 aliphatic carbocycles. The summed E-state index contributed by atoms with van der Waals surface area (Å²) in [4.78, 5) is 9.98. The second kappa shape index (κ2) is 3.63. The Kier molecular flexibility index (Phi) is 2.32. The highest BCUT2D eigenvalue weighted by atomic mass is 16.6. The van der Waals surface area contributed by atoms with E-state index in [1.54, 1.807) is 12.1 Å². The SMILES string of the molecule is O=[N+]([O-])c1cccc(OCC2CO2)c1. The van der Waals surface area contributed by atoms with Crippen LogP contribution in [0.5, 0.6) is 5.75 Å². The Bertz CT molecular complexity index is 348. The zero-order valence-corrected chi connectivity index (χ0v) is 7.38. The van der Waals surface area contributed by atoms with Gasteiger partial charge in [0.05, 0.1) is 17.6 Å². The lowest BCUT2D eigenvalue weighted by Crippen LogP contribution is -2.04. The fourth-order valence-corrected chi connectivity index (χ4v) is 1.04. The van der Waals surface area contributed by atoms with E-state index in [0.29, 0.717) is 12.4 Å². The van der Waals surface area contributed by atoms with Gasteiger partial charge in [-0.05, 0) is 6.07 Å². The zero-order chi connectivity index (χ0) is 9.97. The number of benzene rings is 1. The molecular weight excluding hydrogens is 186 g/mol. The number of hydrogen-bond acceptors (Lipinski definition) is 4. The van der Waals surface area contributed by atoms with Crippen molar-refractivity contribution < 1.29 is 14.4 Å². The van der Waals surface area contributed by atoms with Crippen molar-refractivity contribution in [1.29, 1.82) is 0 Å². The molecule has 1 aliphatic heterocycles. The van der Waals surface area contributed by atoms with Crippen LogP contribution in [0.2, 0.25) is 0 Å². The van der Waals surface area contributed by atoms with Crippen LogP contribution < -0.4 is 4.74 Å².